The molecule has 2 rings (SSSR count). The van der Waals surface area contributed by atoms with Gasteiger partial charge in [0.25, 0.3) is 0 Å². The van der Waals surface area contributed by atoms with Crippen molar-refractivity contribution in [1.29, 1.82) is 0 Å². The Hall–Kier alpha value is -1.38. The summed E-state index contributed by atoms with van der Waals surface area (Å²) in [5, 5.41) is 2.98. The molecule has 2 atom stereocenters. The number of alkyl carbamates (subject to hydrolysis) is 1. The van der Waals surface area contributed by atoms with Crippen LogP contribution < -0.4 is 5.32 Å². The van der Waals surface area contributed by atoms with Gasteiger partial charge in [-0.3, -0.25) is 0 Å². The van der Waals surface area contributed by atoms with E-state index in [1.165, 1.54) is 0 Å². The quantitative estimate of drug-likeness (QED) is 0.824. The van der Waals surface area contributed by atoms with E-state index in [4.69, 9.17) is 16.3 Å². The molecule has 1 saturated heterocycles. The fourth-order valence-corrected chi connectivity index (χ4v) is 4.52. The first-order valence-corrected chi connectivity index (χ1v) is 9.59. The number of halogens is 2. The van der Waals surface area contributed by atoms with Crippen LogP contribution in [0.5, 0.6) is 0 Å². The molecule has 1 aromatic carbocycles. The molecule has 1 aliphatic rings. The molecule has 2 unspecified atom stereocenters. The largest absolute Gasteiger partial charge is 0.450 e. The number of hydrogen-bond donors (Lipinski definition) is 1. The van der Waals surface area contributed by atoms with Crippen molar-refractivity contribution in [2.75, 3.05) is 19.7 Å². The van der Waals surface area contributed by atoms with Crippen molar-refractivity contribution in [2.45, 2.75) is 31.3 Å². The zero-order valence-electron chi connectivity index (χ0n) is 13.2. The molecule has 1 aliphatic heterocycles. The van der Waals surface area contributed by atoms with E-state index >= 15 is 0 Å². The van der Waals surface area contributed by atoms with E-state index in [0.29, 0.717) is 10.6 Å². The monoisotopic (exact) mass is 378 g/mol. The van der Waals surface area contributed by atoms with Gasteiger partial charge in [0.05, 0.1) is 12.4 Å². The van der Waals surface area contributed by atoms with Crippen LogP contribution in [-0.2, 0) is 20.5 Å². The molecule has 0 radical (unpaired) electrons. The predicted octanol–water partition coefficient (Wildman–Crippen LogP) is 2.33. The lowest BCUT2D eigenvalue weighted by molar-refractivity contribution is 0.150. The van der Waals surface area contributed by atoms with Gasteiger partial charge in [0, 0.05) is 24.2 Å². The number of sulfonamides is 1. The first-order valence-electron chi connectivity index (χ1n) is 7.60. The lowest BCUT2D eigenvalue weighted by atomic mass is 10.2. The summed E-state index contributed by atoms with van der Waals surface area (Å²) in [5.41, 5.74) is 0.568. The third kappa shape index (κ3) is 5.06. The number of hydrogen-bond acceptors (Lipinski definition) is 4. The minimum Gasteiger partial charge on any atom is -0.450 e. The van der Waals surface area contributed by atoms with Crippen LogP contribution in [0.2, 0.25) is 5.02 Å². The van der Waals surface area contributed by atoms with Gasteiger partial charge in [0.15, 0.2) is 0 Å². The Bertz CT molecular complexity index is 669. The normalized spacial score (nSPS) is 21.6. The van der Waals surface area contributed by atoms with E-state index in [9.17, 15) is 17.6 Å². The van der Waals surface area contributed by atoms with Gasteiger partial charge >= 0.3 is 6.09 Å². The second-order valence-electron chi connectivity index (χ2n) is 5.54. The second kappa shape index (κ2) is 8.13. The van der Waals surface area contributed by atoms with Gasteiger partial charge in [-0.1, -0.05) is 23.7 Å². The van der Waals surface area contributed by atoms with E-state index in [1.807, 2.05) is 0 Å². The Labute approximate surface area is 146 Å². The Kier molecular flexibility index (Phi) is 6.42. The van der Waals surface area contributed by atoms with Crippen LogP contribution >= 0.6 is 11.6 Å². The van der Waals surface area contributed by atoms with Gasteiger partial charge in [0.1, 0.15) is 6.17 Å². The van der Waals surface area contributed by atoms with Gasteiger partial charge in [-0.15, -0.1) is 0 Å². The van der Waals surface area contributed by atoms with Crippen LogP contribution in [0.15, 0.2) is 24.3 Å². The molecule has 1 aromatic rings. The number of amides is 1. The molecule has 1 fully saturated rings. The SMILES string of the molecule is CCOC(=O)NCC1CC(F)CN1S(=O)(=O)Cc1ccc(Cl)cc1. The van der Waals surface area contributed by atoms with E-state index in [2.05, 4.69) is 5.32 Å². The van der Waals surface area contributed by atoms with Gasteiger partial charge < -0.3 is 10.1 Å². The molecule has 0 aromatic heterocycles. The summed E-state index contributed by atoms with van der Waals surface area (Å²) in [7, 11) is -3.71. The number of alkyl halides is 1. The molecule has 134 valence electrons. The maximum Gasteiger partial charge on any atom is 0.407 e. The fourth-order valence-electron chi connectivity index (χ4n) is 2.61. The molecule has 0 saturated carbocycles. The van der Waals surface area contributed by atoms with Crippen molar-refractivity contribution in [3.63, 3.8) is 0 Å². The number of nitrogens with zero attached hydrogens (tertiary/aromatic N) is 1. The number of rotatable bonds is 6. The van der Waals surface area contributed by atoms with Gasteiger partial charge in [-0.05, 0) is 31.0 Å². The summed E-state index contributed by atoms with van der Waals surface area (Å²) in [6.07, 6.45) is -1.85. The number of benzene rings is 1. The topological polar surface area (TPSA) is 75.7 Å². The van der Waals surface area contributed by atoms with E-state index in [-0.39, 0.29) is 31.9 Å². The highest BCUT2D eigenvalue weighted by atomic mass is 35.5. The standard InChI is InChI=1S/C15H20ClFN2O4S/c1-2-23-15(20)18-8-14-7-13(17)9-19(14)24(21,22)10-11-3-5-12(16)6-4-11/h3-6,13-14H,2,7-10H2,1H3,(H,18,20). The van der Waals surface area contributed by atoms with Crippen molar-refractivity contribution in [3.8, 4) is 0 Å². The highest BCUT2D eigenvalue weighted by Gasteiger charge is 2.39. The Morgan fingerprint density at radius 2 is 2.08 bits per heavy atom. The lowest BCUT2D eigenvalue weighted by Crippen LogP contribution is -2.43. The zero-order valence-corrected chi connectivity index (χ0v) is 14.8. The van der Waals surface area contributed by atoms with Crippen molar-refractivity contribution < 1.29 is 22.3 Å². The Morgan fingerprint density at radius 3 is 2.71 bits per heavy atom. The van der Waals surface area contributed by atoms with E-state index < -0.39 is 28.3 Å². The van der Waals surface area contributed by atoms with Crippen LogP contribution in [-0.4, -0.2) is 50.7 Å². The van der Waals surface area contributed by atoms with E-state index in [1.54, 1.807) is 31.2 Å². The van der Waals surface area contributed by atoms with Crippen molar-refractivity contribution in [1.82, 2.24) is 9.62 Å². The maximum absolute atomic E-state index is 13.8. The molecule has 1 N–H and O–H groups in total. The fraction of sp³-hybridized carbons (Fsp3) is 0.533. The summed E-state index contributed by atoms with van der Waals surface area (Å²) in [5.74, 6) is -0.243. The summed E-state index contributed by atoms with van der Waals surface area (Å²) < 4.78 is 44.8. The molecule has 0 aliphatic carbocycles. The summed E-state index contributed by atoms with van der Waals surface area (Å²) in [6, 6.07) is 5.83. The zero-order chi connectivity index (χ0) is 17.7. The number of ether oxygens (including phenoxy) is 1. The average Bonchev–Trinajstić information content (AvgIpc) is 2.90. The van der Waals surface area contributed by atoms with Crippen LogP contribution in [0.1, 0.15) is 18.9 Å². The molecule has 0 bridgehead atoms. The molecular formula is C15H20ClFN2O4S. The number of carbonyl (C=O) groups excluding carboxylic acids is 1. The van der Waals surface area contributed by atoms with Gasteiger partial charge in [-0.2, -0.15) is 4.31 Å². The average molecular weight is 379 g/mol. The molecular weight excluding hydrogens is 359 g/mol. The number of carbonyl (C=O) groups is 1. The van der Waals surface area contributed by atoms with Crippen LogP contribution in [0.3, 0.4) is 0 Å². The lowest BCUT2D eigenvalue weighted by Gasteiger charge is -2.23. The first-order chi connectivity index (χ1) is 11.3. The van der Waals surface area contributed by atoms with Gasteiger partial charge in [0.2, 0.25) is 10.0 Å². The molecule has 1 amide bonds. The smallest absolute Gasteiger partial charge is 0.407 e. The minimum absolute atomic E-state index is 0.0130. The van der Waals surface area contributed by atoms with Crippen LogP contribution in [0.4, 0.5) is 9.18 Å². The second-order valence-corrected chi connectivity index (χ2v) is 7.90. The van der Waals surface area contributed by atoms with Crippen molar-refractivity contribution >= 4 is 27.7 Å². The van der Waals surface area contributed by atoms with Crippen molar-refractivity contribution in [2.24, 2.45) is 0 Å². The predicted molar refractivity (Wildman–Crippen MR) is 89.1 cm³/mol. The third-order valence-corrected chi connectivity index (χ3v) is 5.80. The summed E-state index contributed by atoms with van der Waals surface area (Å²) in [6.45, 7) is 1.68. The highest BCUT2D eigenvalue weighted by Crippen LogP contribution is 2.25. The third-order valence-electron chi connectivity index (χ3n) is 3.69. The van der Waals surface area contributed by atoms with Crippen LogP contribution in [0.25, 0.3) is 0 Å². The molecule has 1 heterocycles. The molecule has 6 nitrogen and oxygen atoms in total. The number of nitrogens with one attached hydrogen (secondary N) is 1. The maximum atomic E-state index is 13.8. The Balaban J connectivity index is 2.05. The molecule has 0 spiro atoms. The van der Waals surface area contributed by atoms with Crippen LogP contribution in [0, 0.1) is 0 Å². The molecule has 24 heavy (non-hydrogen) atoms. The highest BCUT2D eigenvalue weighted by molar-refractivity contribution is 7.88. The Morgan fingerprint density at radius 1 is 1.42 bits per heavy atom. The molecule has 9 heteroatoms. The first kappa shape index (κ1) is 19.0. The van der Waals surface area contributed by atoms with Crippen molar-refractivity contribution in [3.05, 3.63) is 34.9 Å². The van der Waals surface area contributed by atoms with E-state index in [0.717, 1.165) is 4.31 Å². The summed E-state index contributed by atoms with van der Waals surface area (Å²) >= 11 is 5.79. The summed E-state index contributed by atoms with van der Waals surface area (Å²) in [4.78, 5) is 11.4. The van der Waals surface area contributed by atoms with Gasteiger partial charge in [-0.25, -0.2) is 17.6 Å². The minimum atomic E-state index is -3.71.